The first-order valence-electron chi connectivity index (χ1n) is 6.77. The van der Waals surface area contributed by atoms with Crippen molar-refractivity contribution in [3.8, 4) is 11.5 Å². The summed E-state index contributed by atoms with van der Waals surface area (Å²) in [5, 5.41) is 9.67. The van der Waals surface area contributed by atoms with Crippen molar-refractivity contribution in [1.29, 1.82) is 0 Å². The molecule has 1 aromatic carbocycles. The molecule has 1 rings (SSSR count). The molecule has 0 aliphatic rings. The molecule has 3 heteroatoms. The van der Waals surface area contributed by atoms with E-state index in [1.807, 2.05) is 19.1 Å². The summed E-state index contributed by atoms with van der Waals surface area (Å²) in [6.07, 6.45) is 1.15. The van der Waals surface area contributed by atoms with Gasteiger partial charge in [0.05, 0.1) is 6.61 Å². The first-order valence-corrected chi connectivity index (χ1v) is 6.77. The number of hydrogen-bond donors (Lipinski definition) is 1. The van der Waals surface area contributed by atoms with Gasteiger partial charge in [0, 0.05) is 12.6 Å². The Morgan fingerprint density at radius 3 is 2.56 bits per heavy atom. The molecule has 0 unspecified atom stereocenters. The van der Waals surface area contributed by atoms with Crippen LogP contribution in [0.25, 0.3) is 0 Å². The Morgan fingerprint density at radius 2 is 2.00 bits per heavy atom. The largest absolute Gasteiger partial charge is 0.504 e. The molecule has 1 aromatic rings. The lowest BCUT2D eigenvalue weighted by molar-refractivity contribution is 0.213. The van der Waals surface area contributed by atoms with E-state index in [-0.39, 0.29) is 5.75 Å². The normalized spacial score (nSPS) is 11.2. The number of ether oxygens (including phenoxy) is 1. The minimum atomic E-state index is 0.215. The maximum atomic E-state index is 9.67. The second-order valence-corrected chi connectivity index (χ2v) is 4.80. The molecular formula is C15H25NO2. The van der Waals surface area contributed by atoms with Crippen molar-refractivity contribution in [1.82, 2.24) is 4.90 Å². The molecule has 3 nitrogen and oxygen atoms in total. The van der Waals surface area contributed by atoms with Crippen LogP contribution in [0.1, 0.15) is 39.7 Å². The topological polar surface area (TPSA) is 32.7 Å². The SMILES string of the molecule is CCCN(Cc1ccc(O)c(OCC)c1)C(C)C. The summed E-state index contributed by atoms with van der Waals surface area (Å²) >= 11 is 0. The molecule has 0 amide bonds. The van der Waals surface area contributed by atoms with E-state index in [0.29, 0.717) is 18.4 Å². The van der Waals surface area contributed by atoms with Crippen LogP contribution in [0.3, 0.4) is 0 Å². The number of hydrogen-bond acceptors (Lipinski definition) is 3. The lowest BCUT2D eigenvalue weighted by Crippen LogP contribution is -2.30. The smallest absolute Gasteiger partial charge is 0.161 e. The highest BCUT2D eigenvalue weighted by Gasteiger charge is 2.10. The van der Waals surface area contributed by atoms with Crippen LogP contribution in [0.4, 0.5) is 0 Å². The van der Waals surface area contributed by atoms with Gasteiger partial charge in [-0.1, -0.05) is 13.0 Å². The third-order valence-electron chi connectivity index (χ3n) is 2.95. The molecule has 0 bridgehead atoms. The van der Waals surface area contributed by atoms with E-state index in [4.69, 9.17) is 4.74 Å². The van der Waals surface area contributed by atoms with Crippen LogP contribution >= 0.6 is 0 Å². The highest BCUT2D eigenvalue weighted by Crippen LogP contribution is 2.27. The second kappa shape index (κ2) is 7.27. The number of nitrogens with zero attached hydrogens (tertiary/aromatic N) is 1. The Bertz CT molecular complexity index is 364. The van der Waals surface area contributed by atoms with Gasteiger partial charge in [-0.3, -0.25) is 4.90 Å². The van der Waals surface area contributed by atoms with Crippen molar-refractivity contribution < 1.29 is 9.84 Å². The monoisotopic (exact) mass is 251 g/mol. The molecule has 0 heterocycles. The van der Waals surface area contributed by atoms with Gasteiger partial charge in [0.1, 0.15) is 0 Å². The third-order valence-corrected chi connectivity index (χ3v) is 2.95. The van der Waals surface area contributed by atoms with Gasteiger partial charge in [0.15, 0.2) is 11.5 Å². The number of rotatable bonds is 7. The van der Waals surface area contributed by atoms with Crippen molar-refractivity contribution >= 4 is 0 Å². The molecular weight excluding hydrogens is 226 g/mol. The van der Waals surface area contributed by atoms with Crippen LogP contribution in [-0.2, 0) is 6.54 Å². The fraction of sp³-hybridized carbons (Fsp3) is 0.600. The van der Waals surface area contributed by atoms with Crippen LogP contribution in [0, 0.1) is 0 Å². The molecule has 0 fully saturated rings. The Balaban J connectivity index is 2.79. The third kappa shape index (κ3) is 4.22. The minimum Gasteiger partial charge on any atom is -0.504 e. The van der Waals surface area contributed by atoms with Crippen molar-refractivity contribution in [3.63, 3.8) is 0 Å². The van der Waals surface area contributed by atoms with Crippen molar-refractivity contribution in [2.24, 2.45) is 0 Å². The Labute approximate surface area is 110 Å². The Morgan fingerprint density at radius 1 is 1.28 bits per heavy atom. The summed E-state index contributed by atoms with van der Waals surface area (Å²) in [7, 11) is 0. The first kappa shape index (κ1) is 14.8. The van der Waals surface area contributed by atoms with Gasteiger partial charge in [0.25, 0.3) is 0 Å². The molecule has 0 aliphatic carbocycles. The first-order chi connectivity index (χ1) is 8.58. The molecule has 0 saturated heterocycles. The molecule has 1 N–H and O–H groups in total. The molecule has 102 valence electrons. The number of phenolic OH excluding ortho intramolecular Hbond substituents is 1. The number of aromatic hydroxyl groups is 1. The minimum absolute atomic E-state index is 0.215. The van der Waals surface area contributed by atoms with Crippen LogP contribution in [0.5, 0.6) is 11.5 Å². The predicted molar refractivity (Wildman–Crippen MR) is 75.1 cm³/mol. The van der Waals surface area contributed by atoms with E-state index in [1.54, 1.807) is 6.07 Å². The highest BCUT2D eigenvalue weighted by atomic mass is 16.5. The van der Waals surface area contributed by atoms with Gasteiger partial charge in [-0.05, 0) is 51.4 Å². The molecule has 0 aliphatic heterocycles. The maximum Gasteiger partial charge on any atom is 0.161 e. The second-order valence-electron chi connectivity index (χ2n) is 4.80. The lowest BCUT2D eigenvalue weighted by atomic mass is 10.1. The highest BCUT2D eigenvalue weighted by molar-refractivity contribution is 5.41. The van der Waals surface area contributed by atoms with Gasteiger partial charge in [-0.25, -0.2) is 0 Å². The molecule has 0 radical (unpaired) electrons. The van der Waals surface area contributed by atoms with E-state index in [0.717, 1.165) is 19.5 Å². The quantitative estimate of drug-likeness (QED) is 0.806. The van der Waals surface area contributed by atoms with Gasteiger partial charge in [0.2, 0.25) is 0 Å². The fourth-order valence-electron chi connectivity index (χ4n) is 1.97. The standard InChI is InChI=1S/C15H25NO2/c1-5-9-16(12(3)4)11-13-7-8-14(17)15(10-13)18-6-2/h7-8,10,12,17H,5-6,9,11H2,1-4H3. The summed E-state index contributed by atoms with van der Waals surface area (Å²) < 4.78 is 5.41. The zero-order chi connectivity index (χ0) is 13.5. The van der Waals surface area contributed by atoms with Crippen LogP contribution in [-0.4, -0.2) is 29.2 Å². The number of phenols is 1. The van der Waals surface area contributed by atoms with E-state index >= 15 is 0 Å². The van der Waals surface area contributed by atoms with E-state index in [9.17, 15) is 5.11 Å². The molecule has 18 heavy (non-hydrogen) atoms. The summed E-state index contributed by atoms with van der Waals surface area (Å²) in [6, 6.07) is 6.13. The summed E-state index contributed by atoms with van der Waals surface area (Å²) in [4.78, 5) is 2.42. The van der Waals surface area contributed by atoms with Gasteiger partial charge in [-0.2, -0.15) is 0 Å². The fourth-order valence-corrected chi connectivity index (χ4v) is 1.97. The van der Waals surface area contributed by atoms with Crippen molar-refractivity contribution in [2.75, 3.05) is 13.2 Å². The summed E-state index contributed by atoms with van der Waals surface area (Å²) in [5.41, 5.74) is 1.18. The van der Waals surface area contributed by atoms with E-state index in [2.05, 4.69) is 25.7 Å². The molecule has 0 saturated carbocycles. The predicted octanol–water partition coefficient (Wildman–Crippen LogP) is 3.41. The zero-order valence-electron chi connectivity index (χ0n) is 11.9. The van der Waals surface area contributed by atoms with Crippen molar-refractivity contribution in [2.45, 2.75) is 46.7 Å². The van der Waals surface area contributed by atoms with Crippen LogP contribution in [0.15, 0.2) is 18.2 Å². The average Bonchev–Trinajstić information content (AvgIpc) is 2.33. The van der Waals surface area contributed by atoms with Crippen LogP contribution in [0.2, 0.25) is 0 Å². The van der Waals surface area contributed by atoms with E-state index < -0.39 is 0 Å². The molecule has 0 atom stereocenters. The molecule has 0 spiro atoms. The average molecular weight is 251 g/mol. The van der Waals surface area contributed by atoms with Gasteiger partial charge in [-0.15, -0.1) is 0 Å². The summed E-state index contributed by atoms with van der Waals surface area (Å²) in [5.74, 6) is 0.794. The molecule has 0 aromatic heterocycles. The summed E-state index contributed by atoms with van der Waals surface area (Å²) in [6.45, 7) is 11.1. The maximum absolute atomic E-state index is 9.67. The van der Waals surface area contributed by atoms with Gasteiger partial charge >= 0.3 is 0 Å². The van der Waals surface area contributed by atoms with E-state index in [1.165, 1.54) is 5.56 Å². The van der Waals surface area contributed by atoms with Crippen molar-refractivity contribution in [3.05, 3.63) is 23.8 Å². The number of benzene rings is 1. The zero-order valence-corrected chi connectivity index (χ0v) is 11.9. The van der Waals surface area contributed by atoms with Gasteiger partial charge < -0.3 is 9.84 Å². The lowest BCUT2D eigenvalue weighted by Gasteiger charge is -2.26. The Kier molecular flexibility index (Phi) is 5.99. The van der Waals surface area contributed by atoms with Crippen LogP contribution < -0.4 is 4.74 Å². The Hall–Kier alpha value is -1.22.